The van der Waals surface area contributed by atoms with Gasteiger partial charge < -0.3 is 15.2 Å². The monoisotopic (exact) mass is 319 g/mol. The minimum Gasteiger partial charge on any atom is -0.481 e. The summed E-state index contributed by atoms with van der Waals surface area (Å²) >= 11 is 5.85. The van der Waals surface area contributed by atoms with E-state index in [1.807, 2.05) is 18.2 Å². The van der Waals surface area contributed by atoms with Gasteiger partial charge in [0.1, 0.15) is 5.75 Å². The molecule has 1 amide bonds. The van der Waals surface area contributed by atoms with Crippen LogP contribution in [0.25, 0.3) is 0 Å². The van der Waals surface area contributed by atoms with E-state index < -0.39 is 12.1 Å². The van der Waals surface area contributed by atoms with Crippen molar-refractivity contribution in [3.8, 4) is 5.75 Å². The Hall–Kier alpha value is -2.53. The molecule has 0 saturated carbocycles. The molecule has 22 heavy (non-hydrogen) atoms. The van der Waals surface area contributed by atoms with Crippen molar-refractivity contribution >= 4 is 29.2 Å². The third-order valence-corrected chi connectivity index (χ3v) is 3.21. The van der Waals surface area contributed by atoms with Crippen LogP contribution in [0.15, 0.2) is 48.5 Å². The Balaban J connectivity index is 2.02. The Labute approximate surface area is 132 Å². The second-order valence-electron chi connectivity index (χ2n) is 4.56. The number of carbonyl (C=O) groups is 2. The van der Waals surface area contributed by atoms with Gasteiger partial charge in [-0.2, -0.15) is 0 Å². The highest BCUT2D eigenvalue weighted by Gasteiger charge is 2.16. The van der Waals surface area contributed by atoms with E-state index in [4.69, 9.17) is 21.4 Å². The Bertz CT molecular complexity index is 688. The van der Waals surface area contributed by atoms with Crippen LogP contribution in [0.5, 0.6) is 5.75 Å². The molecule has 0 heterocycles. The zero-order valence-electron chi connectivity index (χ0n) is 11.7. The molecule has 0 aliphatic rings. The Kier molecular flexibility index (Phi) is 5.01. The average Bonchev–Trinajstić information content (AvgIpc) is 2.47. The SMILES string of the molecule is CC(Oc1ccccc1)C(=O)Nc1ccc(C(=O)O)c(Cl)c1. The van der Waals surface area contributed by atoms with E-state index >= 15 is 0 Å². The van der Waals surface area contributed by atoms with Gasteiger partial charge in [0.05, 0.1) is 10.6 Å². The molecule has 1 unspecified atom stereocenters. The van der Waals surface area contributed by atoms with E-state index in [-0.39, 0.29) is 16.5 Å². The zero-order valence-corrected chi connectivity index (χ0v) is 12.5. The first-order valence-corrected chi connectivity index (χ1v) is 6.90. The van der Waals surface area contributed by atoms with Crippen molar-refractivity contribution in [1.82, 2.24) is 0 Å². The summed E-state index contributed by atoms with van der Waals surface area (Å²) < 4.78 is 5.50. The molecule has 0 spiro atoms. The minimum atomic E-state index is -1.12. The quantitative estimate of drug-likeness (QED) is 0.885. The molecule has 0 aromatic heterocycles. The molecule has 114 valence electrons. The van der Waals surface area contributed by atoms with Gasteiger partial charge in [-0.3, -0.25) is 4.79 Å². The predicted molar refractivity (Wildman–Crippen MR) is 83.6 cm³/mol. The van der Waals surface area contributed by atoms with E-state index in [0.717, 1.165) is 0 Å². The van der Waals surface area contributed by atoms with Gasteiger partial charge >= 0.3 is 5.97 Å². The van der Waals surface area contributed by atoms with E-state index in [9.17, 15) is 9.59 Å². The van der Waals surface area contributed by atoms with Crippen LogP contribution in [0.4, 0.5) is 5.69 Å². The molecule has 2 rings (SSSR count). The number of benzene rings is 2. The topological polar surface area (TPSA) is 75.6 Å². The normalized spacial score (nSPS) is 11.5. The fraction of sp³-hybridized carbons (Fsp3) is 0.125. The highest BCUT2D eigenvalue weighted by atomic mass is 35.5. The van der Waals surface area contributed by atoms with Crippen molar-refractivity contribution in [3.05, 3.63) is 59.1 Å². The number of hydrogen-bond acceptors (Lipinski definition) is 3. The molecule has 0 aliphatic carbocycles. The van der Waals surface area contributed by atoms with Crippen molar-refractivity contribution < 1.29 is 19.4 Å². The fourth-order valence-corrected chi connectivity index (χ4v) is 2.03. The highest BCUT2D eigenvalue weighted by molar-refractivity contribution is 6.33. The van der Waals surface area contributed by atoms with E-state index in [2.05, 4.69) is 5.32 Å². The second-order valence-corrected chi connectivity index (χ2v) is 4.97. The summed E-state index contributed by atoms with van der Waals surface area (Å²) in [5, 5.41) is 11.6. The number of amides is 1. The lowest BCUT2D eigenvalue weighted by molar-refractivity contribution is -0.122. The van der Waals surface area contributed by atoms with Crippen molar-refractivity contribution in [2.45, 2.75) is 13.0 Å². The number of aromatic carboxylic acids is 1. The fourth-order valence-electron chi connectivity index (χ4n) is 1.77. The Morgan fingerprint density at radius 3 is 2.45 bits per heavy atom. The van der Waals surface area contributed by atoms with Crippen molar-refractivity contribution in [1.29, 1.82) is 0 Å². The summed E-state index contributed by atoms with van der Waals surface area (Å²) in [7, 11) is 0. The van der Waals surface area contributed by atoms with Gasteiger partial charge in [0.25, 0.3) is 5.91 Å². The van der Waals surface area contributed by atoms with Gasteiger partial charge in [-0.15, -0.1) is 0 Å². The van der Waals surface area contributed by atoms with Gasteiger partial charge in [-0.1, -0.05) is 29.8 Å². The third-order valence-electron chi connectivity index (χ3n) is 2.89. The van der Waals surface area contributed by atoms with Crippen LogP contribution in [0.2, 0.25) is 5.02 Å². The molecule has 0 fully saturated rings. The summed E-state index contributed by atoms with van der Waals surface area (Å²) in [5.74, 6) is -0.893. The van der Waals surface area contributed by atoms with Crippen LogP contribution in [-0.2, 0) is 4.79 Å². The summed E-state index contributed by atoms with van der Waals surface area (Å²) in [5.41, 5.74) is 0.386. The van der Waals surface area contributed by atoms with Crippen LogP contribution in [0, 0.1) is 0 Å². The lowest BCUT2D eigenvalue weighted by atomic mass is 10.2. The predicted octanol–water partition coefficient (Wildman–Crippen LogP) is 3.44. The molecule has 0 bridgehead atoms. The molecule has 2 N–H and O–H groups in total. The third kappa shape index (κ3) is 3.99. The van der Waals surface area contributed by atoms with Gasteiger partial charge in [0, 0.05) is 5.69 Å². The Morgan fingerprint density at radius 1 is 1.18 bits per heavy atom. The van der Waals surface area contributed by atoms with E-state index in [0.29, 0.717) is 11.4 Å². The maximum Gasteiger partial charge on any atom is 0.337 e. The molecule has 2 aromatic rings. The van der Waals surface area contributed by atoms with Crippen molar-refractivity contribution in [2.24, 2.45) is 0 Å². The van der Waals surface area contributed by atoms with Gasteiger partial charge in [-0.05, 0) is 37.3 Å². The number of carboxylic acid groups (broad SMARTS) is 1. The molecular formula is C16H14ClNO4. The molecule has 0 radical (unpaired) electrons. The Morgan fingerprint density at radius 2 is 1.86 bits per heavy atom. The summed E-state index contributed by atoms with van der Waals surface area (Å²) in [6.45, 7) is 1.62. The van der Waals surface area contributed by atoms with Crippen LogP contribution in [0.1, 0.15) is 17.3 Å². The highest BCUT2D eigenvalue weighted by Crippen LogP contribution is 2.21. The van der Waals surface area contributed by atoms with Crippen LogP contribution >= 0.6 is 11.6 Å². The molecule has 0 saturated heterocycles. The molecule has 5 nitrogen and oxygen atoms in total. The van der Waals surface area contributed by atoms with Gasteiger partial charge in [-0.25, -0.2) is 4.79 Å². The first-order chi connectivity index (χ1) is 10.5. The van der Waals surface area contributed by atoms with E-state index in [1.165, 1.54) is 18.2 Å². The number of ether oxygens (including phenoxy) is 1. The average molecular weight is 320 g/mol. The number of hydrogen-bond donors (Lipinski definition) is 2. The summed E-state index contributed by atoms with van der Waals surface area (Å²) in [6, 6.07) is 13.2. The first kappa shape index (κ1) is 15.9. The molecular weight excluding hydrogens is 306 g/mol. The van der Waals surface area contributed by atoms with Gasteiger partial charge in [0.15, 0.2) is 6.10 Å². The van der Waals surface area contributed by atoms with Crippen LogP contribution < -0.4 is 10.1 Å². The number of anilines is 1. The second kappa shape index (κ2) is 6.95. The minimum absolute atomic E-state index is 0.0201. The lowest BCUT2D eigenvalue weighted by Crippen LogP contribution is -2.30. The summed E-state index contributed by atoms with van der Waals surface area (Å²) in [6.07, 6.45) is -0.708. The number of halogens is 1. The smallest absolute Gasteiger partial charge is 0.337 e. The maximum atomic E-state index is 12.1. The van der Waals surface area contributed by atoms with Crippen LogP contribution in [0.3, 0.4) is 0 Å². The number of carbonyl (C=O) groups excluding carboxylic acids is 1. The van der Waals surface area contributed by atoms with Crippen molar-refractivity contribution in [3.63, 3.8) is 0 Å². The number of nitrogens with one attached hydrogen (secondary N) is 1. The summed E-state index contributed by atoms with van der Waals surface area (Å²) in [4.78, 5) is 22.9. The zero-order chi connectivity index (χ0) is 16.1. The molecule has 6 heteroatoms. The maximum absolute atomic E-state index is 12.1. The molecule has 1 atom stereocenters. The number of para-hydroxylation sites is 1. The largest absolute Gasteiger partial charge is 0.481 e. The molecule has 0 aliphatic heterocycles. The number of carboxylic acids is 1. The standard InChI is InChI=1S/C16H14ClNO4/c1-10(22-12-5-3-2-4-6-12)15(19)18-11-7-8-13(16(20)21)14(17)9-11/h2-10H,1H3,(H,18,19)(H,20,21). The number of rotatable bonds is 5. The lowest BCUT2D eigenvalue weighted by Gasteiger charge is -2.15. The first-order valence-electron chi connectivity index (χ1n) is 6.53. The van der Waals surface area contributed by atoms with E-state index in [1.54, 1.807) is 19.1 Å². The van der Waals surface area contributed by atoms with Crippen molar-refractivity contribution in [2.75, 3.05) is 5.32 Å². The van der Waals surface area contributed by atoms with Crippen LogP contribution in [-0.4, -0.2) is 23.1 Å². The van der Waals surface area contributed by atoms with Gasteiger partial charge in [0.2, 0.25) is 0 Å². The molecule has 2 aromatic carbocycles.